The van der Waals surface area contributed by atoms with Crippen LogP contribution in [0.5, 0.6) is 0 Å². The number of nitrogens with two attached hydrogens (primary N) is 1. The monoisotopic (exact) mass is 279 g/mol. The van der Waals surface area contributed by atoms with Gasteiger partial charge in [0.25, 0.3) is 5.91 Å². The number of amides is 2. The second-order valence-electron chi connectivity index (χ2n) is 5.37. The van der Waals surface area contributed by atoms with Gasteiger partial charge in [0.05, 0.1) is 18.2 Å². The molecule has 1 unspecified atom stereocenters. The summed E-state index contributed by atoms with van der Waals surface area (Å²) >= 11 is 0. The second-order valence-corrected chi connectivity index (χ2v) is 5.37. The standard InChI is InChI=1S/C14H21N3O3/c1-9(2)17-5-3-4-12(17)14(19)16-7-11-6-10(8-20-11)13(15)18/h6,8-9,12H,3-5,7H2,1-2H3,(H2,15,18)(H,16,19). The molecule has 2 amide bonds. The minimum Gasteiger partial charge on any atom is -0.467 e. The number of nitrogens with one attached hydrogen (secondary N) is 1. The zero-order valence-corrected chi connectivity index (χ0v) is 11.9. The average Bonchev–Trinajstić information content (AvgIpc) is 3.04. The normalized spacial score (nSPS) is 19.4. The van der Waals surface area contributed by atoms with E-state index < -0.39 is 5.91 Å². The van der Waals surface area contributed by atoms with Gasteiger partial charge in [0, 0.05) is 6.04 Å². The van der Waals surface area contributed by atoms with Gasteiger partial charge in [-0.05, 0) is 39.3 Å². The van der Waals surface area contributed by atoms with Crippen LogP contribution in [0.1, 0.15) is 42.8 Å². The Kier molecular flexibility index (Phi) is 4.44. The molecule has 0 spiro atoms. The fourth-order valence-electron chi connectivity index (χ4n) is 2.58. The van der Waals surface area contributed by atoms with Crippen molar-refractivity contribution < 1.29 is 14.0 Å². The lowest BCUT2D eigenvalue weighted by molar-refractivity contribution is -0.126. The number of carbonyl (C=O) groups is 2. The largest absolute Gasteiger partial charge is 0.467 e. The molecule has 0 aromatic carbocycles. The highest BCUT2D eigenvalue weighted by atomic mass is 16.3. The highest BCUT2D eigenvalue weighted by Gasteiger charge is 2.31. The third-order valence-corrected chi connectivity index (χ3v) is 3.64. The summed E-state index contributed by atoms with van der Waals surface area (Å²) in [6.07, 6.45) is 3.23. The minimum absolute atomic E-state index is 0.00762. The number of carbonyl (C=O) groups excluding carboxylic acids is 2. The van der Waals surface area contributed by atoms with Crippen molar-refractivity contribution in [2.75, 3.05) is 6.54 Å². The van der Waals surface area contributed by atoms with Crippen molar-refractivity contribution in [2.45, 2.75) is 45.3 Å². The lowest BCUT2D eigenvalue weighted by Gasteiger charge is -2.27. The molecule has 0 radical (unpaired) electrons. The van der Waals surface area contributed by atoms with Crippen LogP contribution < -0.4 is 11.1 Å². The predicted octanol–water partition coefficient (Wildman–Crippen LogP) is 0.867. The average molecular weight is 279 g/mol. The first-order chi connectivity index (χ1) is 9.49. The molecule has 1 aliphatic rings. The Hall–Kier alpha value is -1.82. The van der Waals surface area contributed by atoms with Crippen molar-refractivity contribution in [3.63, 3.8) is 0 Å². The van der Waals surface area contributed by atoms with E-state index in [1.807, 2.05) is 0 Å². The van der Waals surface area contributed by atoms with Gasteiger partial charge in [-0.15, -0.1) is 0 Å². The molecule has 20 heavy (non-hydrogen) atoms. The molecule has 1 aromatic rings. The Morgan fingerprint density at radius 1 is 1.55 bits per heavy atom. The lowest BCUT2D eigenvalue weighted by atomic mass is 10.2. The van der Waals surface area contributed by atoms with Crippen LogP contribution in [-0.2, 0) is 11.3 Å². The van der Waals surface area contributed by atoms with Gasteiger partial charge in [0.15, 0.2) is 0 Å². The number of hydrogen-bond acceptors (Lipinski definition) is 4. The maximum atomic E-state index is 12.2. The maximum Gasteiger partial charge on any atom is 0.251 e. The smallest absolute Gasteiger partial charge is 0.251 e. The molecule has 1 aliphatic heterocycles. The Labute approximate surface area is 118 Å². The minimum atomic E-state index is -0.534. The van der Waals surface area contributed by atoms with Crippen LogP contribution in [0.2, 0.25) is 0 Å². The van der Waals surface area contributed by atoms with Crippen molar-refractivity contribution >= 4 is 11.8 Å². The van der Waals surface area contributed by atoms with Crippen molar-refractivity contribution in [3.8, 4) is 0 Å². The van der Waals surface area contributed by atoms with Crippen LogP contribution in [0, 0.1) is 0 Å². The van der Waals surface area contributed by atoms with Gasteiger partial charge in [-0.3, -0.25) is 14.5 Å². The molecule has 2 heterocycles. The van der Waals surface area contributed by atoms with E-state index in [-0.39, 0.29) is 18.5 Å². The third kappa shape index (κ3) is 3.19. The van der Waals surface area contributed by atoms with Gasteiger partial charge in [-0.2, -0.15) is 0 Å². The number of nitrogens with zero attached hydrogens (tertiary/aromatic N) is 1. The first kappa shape index (κ1) is 14.6. The van der Waals surface area contributed by atoms with E-state index in [0.29, 0.717) is 17.4 Å². The number of furan rings is 1. The van der Waals surface area contributed by atoms with Gasteiger partial charge in [0.2, 0.25) is 5.91 Å². The van der Waals surface area contributed by atoms with Crippen LogP contribution in [0.15, 0.2) is 16.7 Å². The van der Waals surface area contributed by atoms with E-state index in [2.05, 4.69) is 24.1 Å². The van der Waals surface area contributed by atoms with E-state index in [9.17, 15) is 9.59 Å². The van der Waals surface area contributed by atoms with Crippen LogP contribution >= 0.6 is 0 Å². The SMILES string of the molecule is CC(C)N1CCCC1C(=O)NCc1cc(C(N)=O)co1. The van der Waals surface area contributed by atoms with Crippen molar-refractivity contribution in [1.82, 2.24) is 10.2 Å². The number of hydrogen-bond donors (Lipinski definition) is 2. The predicted molar refractivity (Wildman–Crippen MR) is 73.9 cm³/mol. The van der Waals surface area contributed by atoms with E-state index in [0.717, 1.165) is 19.4 Å². The summed E-state index contributed by atoms with van der Waals surface area (Å²) in [6, 6.07) is 1.84. The van der Waals surface area contributed by atoms with E-state index >= 15 is 0 Å². The van der Waals surface area contributed by atoms with Crippen LogP contribution in [0.4, 0.5) is 0 Å². The molecular weight excluding hydrogens is 258 g/mol. The molecular formula is C14H21N3O3. The number of primary amides is 1. The number of rotatable bonds is 5. The van der Waals surface area contributed by atoms with Crippen molar-refractivity contribution in [2.24, 2.45) is 5.73 Å². The molecule has 1 saturated heterocycles. The summed E-state index contributed by atoms with van der Waals surface area (Å²) < 4.78 is 5.18. The summed E-state index contributed by atoms with van der Waals surface area (Å²) in [4.78, 5) is 25.3. The molecule has 1 atom stereocenters. The molecule has 1 fully saturated rings. The molecule has 6 nitrogen and oxygen atoms in total. The summed E-state index contributed by atoms with van der Waals surface area (Å²) in [7, 11) is 0. The first-order valence-corrected chi connectivity index (χ1v) is 6.89. The van der Waals surface area contributed by atoms with Crippen molar-refractivity contribution in [3.05, 3.63) is 23.7 Å². The Balaban J connectivity index is 1.89. The lowest BCUT2D eigenvalue weighted by Crippen LogP contribution is -2.45. The highest BCUT2D eigenvalue weighted by molar-refractivity contribution is 5.92. The topological polar surface area (TPSA) is 88.6 Å². The number of likely N-dealkylation sites (tertiary alicyclic amines) is 1. The molecule has 6 heteroatoms. The van der Waals surface area contributed by atoms with E-state index in [1.54, 1.807) is 6.07 Å². The molecule has 0 aliphatic carbocycles. The summed E-state index contributed by atoms with van der Waals surface area (Å²) in [5.74, 6) is 0.00238. The summed E-state index contributed by atoms with van der Waals surface area (Å²) in [5.41, 5.74) is 5.46. The molecule has 3 N–H and O–H groups in total. The van der Waals surface area contributed by atoms with E-state index in [1.165, 1.54) is 6.26 Å². The molecule has 0 bridgehead atoms. The Morgan fingerprint density at radius 3 is 2.90 bits per heavy atom. The van der Waals surface area contributed by atoms with Gasteiger partial charge in [0.1, 0.15) is 12.0 Å². The van der Waals surface area contributed by atoms with Crippen molar-refractivity contribution in [1.29, 1.82) is 0 Å². The van der Waals surface area contributed by atoms with E-state index in [4.69, 9.17) is 10.2 Å². The second kappa shape index (κ2) is 6.09. The summed E-state index contributed by atoms with van der Waals surface area (Å²) in [6.45, 7) is 5.42. The third-order valence-electron chi connectivity index (χ3n) is 3.64. The van der Waals surface area contributed by atoms with Crippen LogP contribution in [0.25, 0.3) is 0 Å². The zero-order chi connectivity index (χ0) is 14.7. The Morgan fingerprint density at radius 2 is 2.30 bits per heavy atom. The highest BCUT2D eigenvalue weighted by Crippen LogP contribution is 2.20. The fourth-order valence-corrected chi connectivity index (χ4v) is 2.58. The van der Waals surface area contributed by atoms with Gasteiger partial charge >= 0.3 is 0 Å². The van der Waals surface area contributed by atoms with Crippen LogP contribution in [-0.4, -0.2) is 35.3 Å². The Bertz CT molecular complexity index is 496. The molecule has 0 saturated carbocycles. The quantitative estimate of drug-likeness (QED) is 0.837. The van der Waals surface area contributed by atoms with Crippen LogP contribution in [0.3, 0.4) is 0 Å². The first-order valence-electron chi connectivity index (χ1n) is 6.89. The van der Waals surface area contributed by atoms with Gasteiger partial charge in [-0.25, -0.2) is 0 Å². The molecule has 110 valence electrons. The maximum absolute atomic E-state index is 12.2. The van der Waals surface area contributed by atoms with Gasteiger partial charge < -0.3 is 15.5 Å². The molecule has 1 aromatic heterocycles. The zero-order valence-electron chi connectivity index (χ0n) is 11.9. The van der Waals surface area contributed by atoms with Gasteiger partial charge in [-0.1, -0.05) is 0 Å². The fraction of sp³-hybridized carbons (Fsp3) is 0.571. The molecule has 2 rings (SSSR count). The summed E-state index contributed by atoms with van der Waals surface area (Å²) in [5, 5.41) is 2.85.